The molecule has 1 rings (SSSR count). The molecule has 0 aliphatic rings. The Balaban J connectivity index is 3.02. The fourth-order valence-corrected chi connectivity index (χ4v) is 1.83. The third kappa shape index (κ3) is 2.80. The summed E-state index contributed by atoms with van der Waals surface area (Å²) in [6.45, 7) is 3.41. The molecule has 0 saturated heterocycles. The molecule has 1 amide bonds. The molecule has 0 spiro atoms. The number of likely N-dealkylation sites (N-methyl/N-ethyl adjacent to an activating group) is 1. The minimum Gasteiger partial charge on any atom is -0.508 e. The van der Waals surface area contributed by atoms with E-state index in [1.807, 2.05) is 0 Å². The van der Waals surface area contributed by atoms with Crippen LogP contribution in [0.1, 0.15) is 29.3 Å². The first-order valence-electron chi connectivity index (χ1n) is 5.68. The molecule has 0 bridgehead atoms. The predicted molar refractivity (Wildman–Crippen MR) is 66.7 cm³/mol. The highest BCUT2D eigenvalue weighted by molar-refractivity contribution is 5.97. The number of benzene rings is 1. The van der Waals surface area contributed by atoms with Crippen molar-refractivity contribution in [2.45, 2.75) is 26.3 Å². The Kier molecular flexibility index (Phi) is 4.31. The van der Waals surface area contributed by atoms with Crippen LogP contribution in [0.15, 0.2) is 18.2 Å². The number of carboxylic acids is 1. The van der Waals surface area contributed by atoms with E-state index in [2.05, 4.69) is 0 Å². The zero-order valence-electron chi connectivity index (χ0n) is 10.7. The molecule has 1 unspecified atom stereocenters. The lowest BCUT2D eigenvalue weighted by Crippen LogP contribution is -2.42. The van der Waals surface area contributed by atoms with Gasteiger partial charge in [-0.2, -0.15) is 0 Å². The van der Waals surface area contributed by atoms with Crippen molar-refractivity contribution in [3.8, 4) is 5.75 Å². The van der Waals surface area contributed by atoms with Crippen LogP contribution in [0.3, 0.4) is 0 Å². The number of nitrogens with zero attached hydrogens (tertiary/aromatic N) is 1. The van der Waals surface area contributed by atoms with Crippen molar-refractivity contribution in [2.75, 3.05) is 7.05 Å². The molecule has 0 aliphatic heterocycles. The molecule has 0 fully saturated rings. The molecule has 0 saturated carbocycles. The summed E-state index contributed by atoms with van der Waals surface area (Å²) in [5.41, 5.74) is 1.02. The number of rotatable bonds is 4. The summed E-state index contributed by atoms with van der Waals surface area (Å²) < 4.78 is 0. The van der Waals surface area contributed by atoms with Gasteiger partial charge in [-0.25, -0.2) is 4.79 Å². The number of carbonyl (C=O) groups excluding carboxylic acids is 1. The van der Waals surface area contributed by atoms with E-state index in [1.54, 1.807) is 13.8 Å². The Labute approximate surface area is 106 Å². The van der Waals surface area contributed by atoms with Gasteiger partial charge in [0.25, 0.3) is 5.91 Å². The van der Waals surface area contributed by atoms with Gasteiger partial charge in [0.1, 0.15) is 11.8 Å². The quantitative estimate of drug-likeness (QED) is 0.852. The average molecular weight is 251 g/mol. The Morgan fingerprint density at radius 2 is 2.00 bits per heavy atom. The van der Waals surface area contributed by atoms with Crippen LogP contribution in [0.5, 0.6) is 5.75 Å². The summed E-state index contributed by atoms with van der Waals surface area (Å²) in [5.74, 6) is -1.30. The van der Waals surface area contributed by atoms with Crippen molar-refractivity contribution in [3.05, 3.63) is 29.3 Å². The molecule has 0 radical (unpaired) electrons. The highest BCUT2D eigenvalue weighted by Crippen LogP contribution is 2.18. The number of phenols is 1. The van der Waals surface area contributed by atoms with Crippen LogP contribution in [0, 0.1) is 6.92 Å². The van der Waals surface area contributed by atoms with Gasteiger partial charge in [0.05, 0.1) is 0 Å². The van der Waals surface area contributed by atoms with Crippen LogP contribution in [0.25, 0.3) is 0 Å². The van der Waals surface area contributed by atoms with Gasteiger partial charge >= 0.3 is 5.97 Å². The largest absolute Gasteiger partial charge is 0.508 e. The summed E-state index contributed by atoms with van der Waals surface area (Å²) in [6, 6.07) is 3.54. The SMILES string of the molecule is CCC(C(=O)O)N(C)C(=O)c1ccc(O)cc1C. The summed E-state index contributed by atoms with van der Waals surface area (Å²) in [6.07, 6.45) is 0.342. The minimum atomic E-state index is -1.02. The maximum atomic E-state index is 12.2. The van der Waals surface area contributed by atoms with Crippen molar-refractivity contribution in [2.24, 2.45) is 0 Å². The first-order valence-corrected chi connectivity index (χ1v) is 5.68. The maximum absolute atomic E-state index is 12.2. The zero-order valence-corrected chi connectivity index (χ0v) is 10.7. The molecule has 5 nitrogen and oxygen atoms in total. The van der Waals surface area contributed by atoms with Gasteiger partial charge in [0, 0.05) is 12.6 Å². The molecule has 0 aromatic heterocycles. The molecule has 2 N–H and O–H groups in total. The minimum absolute atomic E-state index is 0.0805. The molecule has 1 atom stereocenters. The average Bonchev–Trinajstić information content (AvgIpc) is 2.28. The standard InChI is InChI=1S/C13H17NO4/c1-4-11(13(17)18)14(3)12(16)10-6-5-9(15)7-8(10)2/h5-7,11,15H,4H2,1-3H3,(H,17,18). The number of aliphatic carboxylic acids is 1. The van der Waals surface area contributed by atoms with Gasteiger partial charge in [0.15, 0.2) is 0 Å². The van der Waals surface area contributed by atoms with Gasteiger partial charge < -0.3 is 15.1 Å². The van der Waals surface area contributed by atoms with Crippen molar-refractivity contribution < 1.29 is 19.8 Å². The van der Waals surface area contributed by atoms with Gasteiger partial charge in [-0.1, -0.05) is 6.92 Å². The van der Waals surface area contributed by atoms with Crippen molar-refractivity contribution in [3.63, 3.8) is 0 Å². The highest BCUT2D eigenvalue weighted by atomic mass is 16.4. The number of amides is 1. The monoisotopic (exact) mass is 251 g/mol. The Hall–Kier alpha value is -2.04. The van der Waals surface area contributed by atoms with Gasteiger partial charge in [-0.3, -0.25) is 4.79 Å². The van der Waals surface area contributed by atoms with E-state index in [0.717, 1.165) is 0 Å². The number of aromatic hydroxyl groups is 1. The Morgan fingerprint density at radius 3 is 2.44 bits per heavy atom. The van der Waals surface area contributed by atoms with Crippen LogP contribution < -0.4 is 0 Å². The van der Waals surface area contributed by atoms with Crippen molar-refractivity contribution in [1.29, 1.82) is 0 Å². The van der Waals surface area contributed by atoms with E-state index < -0.39 is 12.0 Å². The van der Waals surface area contributed by atoms with E-state index in [4.69, 9.17) is 5.11 Å². The lowest BCUT2D eigenvalue weighted by molar-refractivity contribution is -0.142. The van der Waals surface area contributed by atoms with Gasteiger partial charge in [-0.05, 0) is 37.1 Å². The summed E-state index contributed by atoms with van der Waals surface area (Å²) >= 11 is 0. The van der Waals surface area contributed by atoms with Crippen molar-refractivity contribution in [1.82, 2.24) is 4.90 Å². The molecule has 98 valence electrons. The fraction of sp³-hybridized carbons (Fsp3) is 0.385. The van der Waals surface area contributed by atoms with Crippen molar-refractivity contribution >= 4 is 11.9 Å². The van der Waals surface area contributed by atoms with E-state index in [9.17, 15) is 14.7 Å². The smallest absolute Gasteiger partial charge is 0.326 e. The molecule has 0 heterocycles. The summed E-state index contributed by atoms with van der Waals surface area (Å²) in [7, 11) is 1.47. The number of phenolic OH excluding ortho intramolecular Hbond substituents is 1. The summed E-state index contributed by atoms with van der Waals surface area (Å²) in [5, 5.41) is 18.3. The lowest BCUT2D eigenvalue weighted by atomic mass is 10.1. The van der Waals surface area contributed by atoms with Crippen LogP contribution >= 0.6 is 0 Å². The number of hydrogen-bond donors (Lipinski definition) is 2. The maximum Gasteiger partial charge on any atom is 0.326 e. The molecule has 1 aromatic rings. The summed E-state index contributed by atoms with van der Waals surface area (Å²) in [4.78, 5) is 24.4. The molecular formula is C13H17NO4. The highest BCUT2D eigenvalue weighted by Gasteiger charge is 2.26. The molecule has 5 heteroatoms. The third-order valence-corrected chi connectivity index (χ3v) is 2.90. The van der Waals surface area contributed by atoms with Crippen LogP contribution in [0.4, 0.5) is 0 Å². The molecule has 18 heavy (non-hydrogen) atoms. The second kappa shape index (κ2) is 5.53. The topological polar surface area (TPSA) is 77.8 Å². The number of aryl methyl sites for hydroxylation is 1. The lowest BCUT2D eigenvalue weighted by Gasteiger charge is -2.24. The fourth-order valence-electron chi connectivity index (χ4n) is 1.83. The van der Waals surface area contributed by atoms with Crippen LogP contribution in [0.2, 0.25) is 0 Å². The molecule has 1 aromatic carbocycles. The Bertz CT molecular complexity index is 470. The second-order valence-electron chi connectivity index (χ2n) is 4.18. The van der Waals surface area contributed by atoms with E-state index in [-0.39, 0.29) is 11.7 Å². The molecular weight excluding hydrogens is 234 g/mol. The molecule has 0 aliphatic carbocycles. The zero-order chi connectivity index (χ0) is 13.9. The normalized spacial score (nSPS) is 11.9. The van der Waals surface area contributed by atoms with E-state index in [0.29, 0.717) is 17.5 Å². The van der Waals surface area contributed by atoms with Crippen LogP contribution in [-0.2, 0) is 4.79 Å². The second-order valence-corrected chi connectivity index (χ2v) is 4.18. The van der Waals surface area contributed by atoms with Gasteiger partial charge in [-0.15, -0.1) is 0 Å². The predicted octanol–water partition coefficient (Wildman–Crippen LogP) is 1.64. The Morgan fingerprint density at radius 1 is 1.39 bits per heavy atom. The first kappa shape index (κ1) is 14.0. The van der Waals surface area contributed by atoms with Gasteiger partial charge in [0.2, 0.25) is 0 Å². The number of carbonyl (C=O) groups is 2. The van der Waals surface area contributed by atoms with E-state index >= 15 is 0 Å². The first-order chi connectivity index (χ1) is 8.38. The third-order valence-electron chi connectivity index (χ3n) is 2.90. The number of hydrogen-bond acceptors (Lipinski definition) is 3. The van der Waals surface area contributed by atoms with E-state index in [1.165, 1.54) is 30.1 Å². The van der Waals surface area contributed by atoms with Crippen LogP contribution in [-0.4, -0.2) is 40.1 Å². The number of carboxylic acid groups (broad SMARTS) is 1.